The number of nitrogens with zero attached hydrogens (tertiary/aromatic N) is 3. The van der Waals surface area contributed by atoms with Crippen LogP contribution in [0.25, 0.3) is 11.5 Å². The molecule has 0 aliphatic carbocycles. The van der Waals surface area contributed by atoms with Crippen molar-refractivity contribution in [2.45, 2.75) is 20.4 Å². The van der Waals surface area contributed by atoms with E-state index in [-0.39, 0.29) is 5.82 Å². The Labute approximate surface area is 124 Å². The van der Waals surface area contributed by atoms with Crippen LogP contribution in [-0.4, -0.2) is 41.3 Å². The van der Waals surface area contributed by atoms with Crippen LogP contribution < -0.4 is 5.32 Å². The Morgan fingerprint density at radius 1 is 1.24 bits per heavy atom. The lowest BCUT2D eigenvalue weighted by atomic mass is 10.2. The molecule has 0 fully saturated rings. The van der Waals surface area contributed by atoms with E-state index in [1.165, 1.54) is 12.1 Å². The third-order valence-corrected chi connectivity index (χ3v) is 3.31. The molecule has 6 heteroatoms. The molecular formula is C15H21FN4O. The summed E-state index contributed by atoms with van der Waals surface area (Å²) in [6.45, 7) is 8.74. The topological polar surface area (TPSA) is 54.2 Å². The van der Waals surface area contributed by atoms with Crippen LogP contribution >= 0.6 is 0 Å². The summed E-state index contributed by atoms with van der Waals surface area (Å²) in [4.78, 5) is 2.33. The summed E-state index contributed by atoms with van der Waals surface area (Å²) in [5.74, 6) is 0.536. The molecule has 0 saturated heterocycles. The number of hydrogen-bond acceptors (Lipinski definition) is 5. The normalized spacial score (nSPS) is 11.2. The van der Waals surface area contributed by atoms with E-state index in [4.69, 9.17) is 4.42 Å². The Hall–Kier alpha value is -1.79. The zero-order valence-corrected chi connectivity index (χ0v) is 12.5. The van der Waals surface area contributed by atoms with Gasteiger partial charge in [0.1, 0.15) is 5.82 Å². The summed E-state index contributed by atoms with van der Waals surface area (Å²) < 4.78 is 18.7. The van der Waals surface area contributed by atoms with Crippen LogP contribution in [0.5, 0.6) is 0 Å². The molecule has 1 heterocycles. The highest BCUT2D eigenvalue weighted by Gasteiger charge is 2.09. The molecule has 0 aliphatic heterocycles. The van der Waals surface area contributed by atoms with Crippen molar-refractivity contribution in [1.82, 2.24) is 20.4 Å². The van der Waals surface area contributed by atoms with Crippen molar-refractivity contribution in [2.75, 3.05) is 26.2 Å². The average Bonchev–Trinajstić information content (AvgIpc) is 2.96. The summed E-state index contributed by atoms with van der Waals surface area (Å²) in [5.41, 5.74) is 0.594. The van der Waals surface area contributed by atoms with E-state index in [0.717, 1.165) is 26.2 Å². The van der Waals surface area contributed by atoms with Crippen molar-refractivity contribution in [3.05, 3.63) is 36.0 Å². The van der Waals surface area contributed by atoms with Gasteiger partial charge in [0.05, 0.1) is 6.54 Å². The number of halogens is 1. The van der Waals surface area contributed by atoms with Gasteiger partial charge in [-0.1, -0.05) is 19.9 Å². The van der Waals surface area contributed by atoms with E-state index in [9.17, 15) is 4.39 Å². The number of rotatable bonds is 8. The highest BCUT2D eigenvalue weighted by molar-refractivity contribution is 5.52. The van der Waals surface area contributed by atoms with E-state index in [1.807, 2.05) is 0 Å². The average molecular weight is 292 g/mol. The smallest absolute Gasteiger partial charge is 0.247 e. The second-order valence-electron chi connectivity index (χ2n) is 4.71. The van der Waals surface area contributed by atoms with Gasteiger partial charge in [0.15, 0.2) is 0 Å². The van der Waals surface area contributed by atoms with E-state index in [0.29, 0.717) is 23.9 Å². The van der Waals surface area contributed by atoms with Gasteiger partial charge in [0.25, 0.3) is 0 Å². The van der Waals surface area contributed by atoms with Gasteiger partial charge in [-0.05, 0) is 31.3 Å². The van der Waals surface area contributed by atoms with Crippen molar-refractivity contribution in [1.29, 1.82) is 0 Å². The highest BCUT2D eigenvalue weighted by Crippen LogP contribution is 2.18. The van der Waals surface area contributed by atoms with Gasteiger partial charge < -0.3 is 14.6 Å². The van der Waals surface area contributed by atoms with Crippen molar-refractivity contribution >= 4 is 0 Å². The number of aromatic nitrogens is 2. The maximum absolute atomic E-state index is 13.1. The van der Waals surface area contributed by atoms with Crippen LogP contribution in [0.4, 0.5) is 4.39 Å². The van der Waals surface area contributed by atoms with Gasteiger partial charge in [-0.15, -0.1) is 10.2 Å². The van der Waals surface area contributed by atoms with Crippen LogP contribution in [0, 0.1) is 5.82 Å². The van der Waals surface area contributed by atoms with Crippen molar-refractivity contribution in [3.63, 3.8) is 0 Å². The minimum atomic E-state index is -0.315. The van der Waals surface area contributed by atoms with Crippen molar-refractivity contribution in [3.8, 4) is 11.5 Å². The summed E-state index contributed by atoms with van der Waals surface area (Å²) in [6.07, 6.45) is 0. The quantitative estimate of drug-likeness (QED) is 0.757. The first-order chi connectivity index (χ1) is 10.2. The monoisotopic (exact) mass is 292 g/mol. The van der Waals surface area contributed by atoms with E-state index < -0.39 is 0 Å². The lowest BCUT2D eigenvalue weighted by Gasteiger charge is -2.17. The third-order valence-electron chi connectivity index (χ3n) is 3.31. The highest BCUT2D eigenvalue weighted by atomic mass is 19.1. The molecule has 0 atom stereocenters. The van der Waals surface area contributed by atoms with Gasteiger partial charge in [0.2, 0.25) is 11.8 Å². The molecule has 21 heavy (non-hydrogen) atoms. The summed E-state index contributed by atoms with van der Waals surface area (Å²) in [7, 11) is 0. The van der Waals surface area contributed by atoms with Crippen molar-refractivity contribution in [2.24, 2.45) is 0 Å². The maximum atomic E-state index is 13.1. The summed E-state index contributed by atoms with van der Waals surface area (Å²) in [5, 5.41) is 11.2. The second kappa shape index (κ2) is 7.85. The molecule has 2 aromatic rings. The number of hydrogen-bond donors (Lipinski definition) is 1. The molecule has 1 aromatic carbocycles. The Kier molecular flexibility index (Phi) is 5.83. The van der Waals surface area contributed by atoms with Gasteiger partial charge >= 0.3 is 0 Å². The molecule has 2 rings (SSSR count). The van der Waals surface area contributed by atoms with Crippen LogP contribution in [0.15, 0.2) is 28.7 Å². The van der Waals surface area contributed by atoms with Crippen LogP contribution in [0.3, 0.4) is 0 Å². The Morgan fingerprint density at radius 2 is 2.05 bits per heavy atom. The molecule has 0 radical (unpaired) electrons. The third kappa shape index (κ3) is 4.61. The zero-order valence-electron chi connectivity index (χ0n) is 12.5. The number of nitrogens with one attached hydrogen (secondary N) is 1. The standard InChI is InChI=1S/C15H21FN4O/c1-3-20(4-2)9-8-17-11-14-18-19-15(21-14)12-6-5-7-13(16)10-12/h5-7,10,17H,3-4,8-9,11H2,1-2H3. The van der Waals surface area contributed by atoms with Gasteiger partial charge in [0, 0.05) is 18.7 Å². The van der Waals surface area contributed by atoms with Gasteiger partial charge in [-0.25, -0.2) is 4.39 Å². The largest absolute Gasteiger partial charge is 0.419 e. The molecule has 0 spiro atoms. The summed E-state index contributed by atoms with van der Waals surface area (Å²) in [6, 6.07) is 6.13. The lowest BCUT2D eigenvalue weighted by Crippen LogP contribution is -2.31. The first kappa shape index (κ1) is 15.6. The Balaban J connectivity index is 1.83. The molecule has 0 bridgehead atoms. The Morgan fingerprint density at radius 3 is 2.76 bits per heavy atom. The molecule has 1 N–H and O–H groups in total. The number of likely N-dealkylation sites (N-methyl/N-ethyl adjacent to an activating group) is 1. The van der Waals surface area contributed by atoms with Gasteiger partial charge in [-0.2, -0.15) is 0 Å². The fourth-order valence-corrected chi connectivity index (χ4v) is 2.04. The van der Waals surface area contributed by atoms with Crippen molar-refractivity contribution < 1.29 is 8.81 Å². The molecule has 0 amide bonds. The summed E-state index contributed by atoms with van der Waals surface area (Å²) >= 11 is 0. The predicted molar refractivity (Wildman–Crippen MR) is 79.2 cm³/mol. The Bertz CT molecular complexity index is 554. The molecule has 0 saturated carbocycles. The molecule has 0 unspecified atom stereocenters. The molecule has 114 valence electrons. The molecular weight excluding hydrogens is 271 g/mol. The zero-order chi connectivity index (χ0) is 15.1. The van der Waals surface area contributed by atoms with Gasteiger partial charge in [-0.3, -0.25) is 0 Å². The predicted octanol–water partition coefficient (Wildman–Crippen LogP) is 2.31. The lowest BCUT2D eigenvalue weighted by molar-refractivity contribution is 0.300. The van der Waals surface area contributed by atoms with Crippen LogP contribution in [-0.2, 0) is 6.54 Å². The fraction of sp³-hybridized carbons (Fsp3) is 0.467. The first-order valence-corrected chi connectivity index (χ1v) is 7.24. The number of benzene rings is 1. The van der Waals surface area contributed by atoms with E-state index in [2.05, 4.69) is 34.3 Å². The fourth-order valence-electron chi connectivity index (χ4n) is 2.04. The minimum absolute atomic E-state index is 0.315. The molecule has 5 nitrogen and oxygen atoms in total. The molecule has 0 aliphatic rings. The second-order valence-corrected chi connectivity index (χ2v) is 4.71. The van der Waals surface area contributed by atoms with Crippen LogP contribution in [0.2, 0.25) is 0 Å². The first-order valence-electron chi connectivity index (χ1n) is 7.24. The van der Waals surface area contributed by atoms with Crippen LogP contribution in [0.1, 0.15) is 19.7 Å². The minimum Gasteiger partial charge on any atom is -0.419 e. The molecule has 1 aromatic heterocycles. The van der Waals surface area contributed by atoms with E-state index >= 15 is 0 Å². The van der Waals surface area contributed by atoms with E-state index in [1.54, 1.807) is 12.1 Å². The SMILES string of the molecule is CCN(CC)CCNCc1nnc(-c2cccc(F)c2)o1. The maximum Gasteiger partial charge on any atom is 0.247 e.